The maximum absolute atomic E-state index is 5.58. The molecule has 0 atom stereocenters. The molecule has 0 aliphatic rings. The lowest BCUT2D eigenvalue weighted by Crippen LogP contribution is -2.00. The molecule has 1 heterocycles. The van der Waals surface area contributed by atoms with Gasteiger partial charge < -0.3 is 9.47 Å². The standard InChI is InChI=1S/C13H17N3O2/c1-4-18-11-8-6-5-7-10(11)13-14-12(9-17-3)16(2)15-13/h5-8H,4,9H2,1-3H3. The molecule has 1 aromatic carbocycles. The molecule has 0 aliphatic heterocycles. The first kappa shape index (κ1) is 12.6. The van der Waals surface area contributed by atoms with Gasteiger partial charge in [0.05, 0.1) is 12.2 Å². The first-order valence-electron chi connectivity index (χ1n) is 5.87. The lowest BCUT2D eigenvalue weighted by atomic mass is 10.2. The topological polar surface area (TPSA) is 49.2 Å². The maximum Gasteiger partial charge on any atom is 0.185 e. The number of aryl methyl sites for hydroxylation is 1. The molecule has 96 valence electrons. The summed E-state index contributed by atoms with van der Waals surface area (Å²) in [6.45, 7) is 3.02. The average Bonchev–Trinajstić information content (AvgIpc) is 2.73. The van der Waals surface area contributed by atoms with Crippen molar-refractivity contribution in [2.75, 3.05) is 13.7 Å². The number of ether oxygens (including phenoxy) is 2. The van der Waals surface area contributed by atoms with Gasteiger partial charge in [-0.25, -0.2) is 4.98 Å². The molecule has 0 N–H and O–H groups in total. The molecule has 0 aliphatic carbocycles. The predicted octanol–water partition coefficient (Wildman–Crippen LogP) is 2.03. The highest BCUT2D eigenvalue weighted by molar-refractivity contribution is 5.63. The number of benzene rings is 1. The normalized spacial score (nSPS) is 10.6. The summed E-state index contributed by atoms with van der Waals surface area (Å²) < 4.78 is 12.4. The van der Waals surface area contributed by atoms with Crippen molar-refractivity contribution in [2.24, 2.45) is 7.05 Å². The Morgan fingerprint density at radius 1 is 1.28 bits per heavy atom. The summed E-state index contributed by atoms with van der Waals surface area (Å²) >= 11 is 0. The molecule has 5 heteroatoms. The number of hydrogen-bond donors (Lipinski definition) is 0. The number of hydrogen-bond acceptors (Lipinski definition) is 4. The van der Waals surface area contributed by atoms with E-state index in [1.165, 1.54) is 0 Å². The molecule has 0 fully saturated rings. The molecule has 5 nitrogen and oxygen atoms in total. The Labute approximate surface area is 106 Å². The number of para-hydroxylation sites is 1. The Balaban J connectivity index is 2.39. The van der Waals surface area contributed by atoms with Gasteiger partial charge in [0.2, 0.25) is 0 Å². The van der Waals surface area contributed by atoms with Crippen molar-refractivity contribution in [3.63, 3.8) is 0 Å². The van der Waals surface area contributed by atoms with E-state index in [0.29, 0.717) is 19.0 Å². The Hall–Kier alpha value is -1.88. The van der Waals surface area contributed by atoms with E-state index in [9.17, 15) is 0 Å². The largest absolute Gasteiger partial charge is 0.493 e. The zero-order valence-electron chi connectivity index (χ0n) is 10.9. The lowest BCUT2D eigenvalue weighted by molar-refractivity contribution is 0.174. The Kier molecular flexibility index (Phi) is 3.94. The highest BCUT2D eigenvalue weighted by Gasteiger charge is 2.12. The Morgan fingerprint density at radius 3 is 2.78 bits per heavy atom. The van der Waals surface area contributed by atoms with E-state index in [2.05, 4.69) is 10.1 Å². The SMILES string of the molecule is CCOc1ccccc1-c1nc(COC)n(C)n1. The highest BCUT2D eigenvalue weighted by atomic mass is 16.5. The molecule has 0 spiro atoms. The number of nitrogens with zero attached hydrogens (tertiary/aromatic N) is 3. The fraction of sp³-hybridized carbons (Fsp3) is 0.385. The van der Waals surface area contributed by atoms with Gasteiger partial charge in [0, 0.05) is 14.2 Å². The summed E-state index contributed by atoms with van der Waals surface area (Å²) in [6.07, 6.45) is 0. The van der Waals surface area contributed by atoms with Gasteiger partial charge in [-0.1, -0.05) is 12.1 Å². The molecule has 0 radical (unpaired) electrons. The fourth-order valence-electron chi connectivity index (χ4n) is 1.72. The van der Waals surface area contributed by atoms with Crippen LogP contribution in [0.15, 0.2) is 24.3 Å². The average molecular weight is 247 g/mol. The first-order chi connectivity index (χ1) is 8.76. The molecule has 0 saturated heterocycles. The fourth-order valence-corrected chi connectivity index (χ4v) is 1.72. The summed E-state index contributed by atoms with van der Waals surface area (Å²) in [5.74, 6) is 2.25. The summed E-state index contributed by atoms with van der Waals surface area (Å²) in [5, 5.41) is 4.39. The van der Waals surface area contributed by atoms with Gasteiger partial charge in [0.25, 0.3) is 0 Å². The van der Waals surface area contributed by atoms with E-state index >= 15 is 0 Å². The number of rotatable bonds is 5. The lowest BCUT2D eigenvalue weighted by Gasteiger charge is -2.06. The van der Waals surface area contributed by atoms with Crippen molar-refractivity contribution < 1.29 is 9.47 Å². The van der Waals surface area contributed by atoms with E-state index in [1.54, 1.807) is 11.8 Å². The van der Waals surface area contributed by atoms with Gasteiger partial charge in [0.15, 0.2) is 11.6 Å². The zero-order chi connectivity index (χ0) is 13.0. The van der Waals surface area contributed by atoms with Crippen molar-refractivity contribution >= 4 is 0 Å². The van der Waals surface area contributed by atoms with Gasteiger partial charge >= 0.3 is 0 Å². The molecule has 2 aromatic rings. The minimum Gasteiger partial charge on any atom is -0.493 e. The van der Waals surface area contributed by atoms with Crippen molar-refractivity contribution in [1.29, 1.82) is 0 Å². The zero-order valence-corrected chi connectivity index (χ0v) is 10.9. The van der Waals surface area contributed by atoms with Gasteiger partial charge in [-0.3, -0.25) is 4.68 Å². The highest BCUT2D eigenvalue weighted by Crippen LogP contribution is 2.27. The van der Waals surface area contributed by atoms with Crippen LogP contribution in [0.5, 0.6) is 5.75 Å². The summed E-state index contributed by atoms with van der Waals surface area (Å²) in [6, 6.07) is 7.76. The maximum atomic E-state index is 5.58. The van der Waals surface area contributed by atoms with Crippen molar-refractivity contribution in [2.45, 2.75) is 13.5 Å². The van der Waals surface area contributed by atoms with Crippen LogP contribution in [0.1, 0.15) is 12.7 Å². The third-order valence-corrected chi connectivity index (χ3v) is 2.55. The van der Waals surface area contributed by atoms with E-state index in [1.807, 2.05) is 38.2 Å². The van der Waals surface area contributed by atoms with E-state index < -0.39 is 0 Å². The summed E-state index contributed by atoms with van der Waals surface area (Å²) in [5.41, 5.74) is 0.900. The second-order valence-corrected chi connectivity index (χ2v) is 3.84. The van der Waals surface area contributed by atoms with E-state index in [4.69, 9.17) is 9.47 Å². The van der Waals surface area contributed by atoms with Gasteiger partial charge in [-0.2, -0.15) is 5.10 Å². The molecule has 1 aromatic heterocycles. The van der Waals surface area contributed by atoms with Crippen LogP contribution < -0.4 is 4.74 Å². The minimum atomic E-state index is 0.445. The van der Waals surface area contributed by atoms with E-state index in [-0.39, 0.29) is 0 Å². The first-order valence-corrected chi connectivity index (χ1v) is 5.87. The van der Waals surface area contributed by atoms with Crippen molar-refractivity contribution in [3.05, 3.63) is 30.1 Å². The van der Waals surface area contributed by atoms with Crippen molar-refractivity contribution in [1.82, 2.24) is 14.8 Å². The third kappa shape index (κ3) is 2.51. The monoisotopic (exact) mass is 247 g/mol. The molecule has 0 unspecified atom stereocenters. The quantitative estimate of drug-likeness (QED) is 0.811. The van der Waals surface area contributed by atoms with Crippen LogP contribution in [0.3, 0.4) is 0 Å². The molecular weight excluding hydrogens is 230 g/mol. The van der Waals surface area contributed by atoms with Crippen LogP contribution >= 0.6 is 0 Å². The van der Waals surface area contributed by atoms with Crippen LogP contribution in [-0.2, 0) is 18.4 Å². The predicted molar refractivity (Wildman–Crippen MR) is 68.3 cm³/mol. The molecule has 0 amide bonds. The Morgan fingerprint density at radius 2 is 2.06 bits per heavy atom. The number of methoxy groups -OCH3 is 1. The molecule has 0 bridgehead atoms. The smallest absolute Gasteiger partial charge is 0.185 e. The summed E-state index contributed by atoms with van der Waals surface area (Å²) in [4.78, 5) is 4.46. The molecule has 18 heavy (non-hydrogen) atoms. The van der Waals surface area contributed by atoms with Crippen LogP contribution in [0, 0.1) is 0 Å². The third-order valence-electron chi connectivity index (χ3n) is 2.55. The van der Waals surface area contributed by atoms with Crippen LogP contribution in [0.25, 0.3) is 11.4 Å². The van der Waals surface area contributed by atoms with Crippen LogP contribution in [0.4, 0.5) is 0 Å². The van der Waals surface area contributed by atoms with Gasteiger partial charge in [0.1, 0.15) is 12.4 Å². The summed E-state index contributed by atoms with van der Waals surface area (Å²) in [7, 11) is 3.50. The second kappa shape index (κ2) is 5.64. The Bertz CT molecular complexity index is 523. The second-order valence-electron chi connectivity index (χ2n) is 3.84. The van der Waals surface area contributed by atoms with Crippen LogP contribution in [0.2, 0.25) is 0 Å². The van der Waals surface area contributed by atoms with Crippen LogP contribution in [-0.4, -0.2) is 28.5 Å². The minimum absolute atomic E-state index is 0.445. The van der Waals surface area contributed by atoms with E-state index in [0.717, 1.165) is 17.1 Å². The van der Waals surface area contributed by atoms with Gasteiger partial charge in [-0.05, 0) is 19.1 Å². The molecule has 2 rings (SSSR count). The molecule has 0 saturated carbocycles. The van der Waals surface area contributed by atoms with Crippen molar-refractivity contribution in [3.8, 4) is 17.1 Å². The van der Waals surface area contributed by atoms with Gasteiger partial charge in [-0.15, -0.1) is 0 Å². The molecular formula is C13H17N3O2. The number of aromatic nitrogens is 3.